The molecule has 22 heavy (non-hydrogen) atoms. The number of carbonyl (C=O) groups is 1. The summed E-state index contributed by atoms with van der Waals surface area (Å²) in [6.45, 7) is 0.353. The number of nitrogens with one attached hydrogen (secondary N) is 2. The molecular weight excluding hydrogens is 320 g/mol. The molecule has 6 nitrogen and oxygen atoms in total. The third kappa shape index (κ3) is 4.97. The Morgan fingerprint density at radius 3 is 2.91 bits per heavy atom. The molecule has 0 aliphatic heterocycles. The smallest absolute Gasteiger partial charge is 0.253 e. The second-order valence-corrected chi connectivity index (χ2v) is 7.08. The van der Waals surface area contributed by atoms with Crippen molar-refractivity contribution in [1.29, 1.82) is 0 Å². The minimum absolute atomic E-state index is 0.187. The molecule has 1 fully saturated rings. The molecule has 3 rings (SSSR count). The summed E-state index contributed by atoms with van der Waals surface area (Å²) < 4.78 is 0.779. The number of carbonyl (C=O) groups excluding carboxylic acids is 1. The third-order valence-corrected chi connectivity index (χ3v) is 4.89. The van der Waals surface area contributed by atoms with Crippen LogP contribution >= 0.6 is 23.1 Å². The van der Waals surface area contributed by atoms with Gasteiger partial charge in [-0.25, -0.2) is 5.48 Å². The van der Waals surface area contributed by atoms with Crippen LogP contribution in [0.4, 0.5) is 5.13 Å². The van der Waals surface area contributed by atoms with Crippen LogP contribution in [-0.2, 0) is 16.2 Å². The van der Waals surface area contributed by atoms with E-state index in [1.807, 2.05) is 30.3 Å². The van der Waals surface area contributed by atoms with Gasteiger partial charge in [-0.3, -0.25) is 9.63 Å². The SMILES string of the molecule is O=C(CSc1nnc(NC2CC2)s1)NOCc1ccccc1. The van der Waals surface area contributed by atoms with Crippen LogP contribution in [0.3, 0.4) is 0 Å². The first kappa shape index (κ1) is 15.3. The first-order valence-electron chi connectivity index (χ1n) is 6.97. The maximum absolute atomic E-state index is 11.7. The molecule has 1 aromatic carbocycles. The molecule has 0 atom stereocenters. The number of benzene rings is 1. The van der Waals surface area contributed by atoms with Crippen LogP contribution in [0, 0.1) is 0 Å². The van der Waals surface area contributed by atoms with Gasteiger partial charge < -0.3 is 5.32 Å². The monoisotopic (exact) mass is 336 g/mol. The molecule has 2 aromatic rings. The molecule has 116 valence electrons. The Bertz CT molecular complexity index is 616. The summed E-state index contributed by atoms with van der Waals surface area (Å²) in [6, 6.07) is 10.2. The number of hydrogen-bond donors (Lipinski definition) is 2. The van der Waals surface area contributed by atoms with E-state index in [2.05, 4.69) is 21.0 Å². The van der Waals surface area contributed by atoms with Crippen molar-refractivity contribution in [2.75, 3.05) is 11.1 Å². The second kappa shape index (κ2) is 7.57. The zero-order chi connectivity index (χ0) is 15.2. The maximum Gasteiger partial charge on any atom is 0.253 e. The number of anilines is 1. The molecule has 0 saturated heterocycles. The third-order valence-electron chi connectivity index (χ3n) is 2.91. The van der Waals surface area contributed by atoms with Crippen LogP contribution in [0.1, 0.15) is 18.4 Å². The lowest BCUT2D eigenvalue weighted by molar-refractivity contribution is -0.131. The molecule has 8 heteroatoms. The summed E-state index contributed by atoms with van der Waals surface area (Å²) in [4.78, 5) is 16.9. The van der Waals surface area contributed by atoms with Gasteiger partial charge in [-0.15, -0.1) is 10.2 Å². The molecule has 1 heterocycles. The summed E-state index contributed by atoms with van der Waals surface area (Å²) in [5.41, 5.74) is 3.44. The van der Waals surface area contributed by atoms with Crippen LogP contribution in [0.5, 0.6) is 0 Å². The standard InChI is InChI=1S/C14H16N4O2S2/c19-12(18-20-8-10-4-2-1-3-5-10)9-21-14-17-16-13(22-14)15-11-6-7-11/h1-5,11H,6-9H2,(H,15,16)(H,18,19). The Morgan fingerprint density at radius 2 is 2.14 bits per heavy atom. The average molecular weight is 336 g/mol. The van der Waals surface area contributed by atoms with E-state index in [9.17, 15) is 4.79 Å². The number of hydroxylamine groups is 1. The summed E-state index contributed by atoms with van der Waals surface area (Å²) in [6.07, 6.45) is 2.40. The lowest BCUT2D eigenvalue weighted by Gasteiger charge is -2.04. The molecule has 1 saturated carbocycles. The zero-order valence-corrected chi connectivity index (χ0v) is 13.5. The number of thioether (sulfide) groups is 1. The number of amides is 1. The molecule has 0 unspecified atom stereocenters. The molecule has 0 bridgehead atoms. The van der Waals surface area contributed by atoms with E-state index in [0.29, 0.717) is 12.6 Å². The minimum Gasteiger partial charge on any atom is -0.357 e. The van der Waals surface area contributed by atoms with Gasteiger partial charge in [0.2, 0.25) is 5.13 Å². The van der Waals surface area contributed by atoms with Crippen LogP contribution < -0.4 is 10.8 Å². The Kier molecular flexibility index (Phi) is 5.25. The summed E-state index contributed by atoms with van der Waals surface area (Å²) in [5.74, 6) is 0.0696. The highest BCUT2D eigenvalue weighted by Crippen LogP contribution is 2.29. The van der Waals surface area contributed by atoms with Gasteiger partial charge in [0.1, 0.15) is 0 Å². The first-order chi connectivity index (χ1) is 10.8. The van der Waals surface area contributed by atoms with Crippen molar-refractivity contribution in [1.82, 2.24) is 15.7 Å². The van der Waals surface area contributed by atoms with Crippen molar-refractivity contribution in [3.63, 3.8) is 0 Å². The lowest BCUT2D eigenvalue weighted by Crippen LogP contribution is -2.25. The highest BCUT2D eigenvalue weighted by Gasteiger charge is 2.22. The van der Waals surface area contributed by atoms with Crippen molar-refractivity contribution < 1.29 is 9.63 Å². The fraction of sp³-hybridized carbons (Fsp3) is 0.357. The van der Waals surface area contributed by atoms with E-state index in [1.165, 1.54) is 35.9 Å². The van der Waals surface area contributed by atoms with E-state index in [-0.39, 0.29) is 11.7 Å². The van der Waals surface area contributed by atoms with Gasteiger partial charge in [-0.05, 0) is 18.4 Å². The second-order valence-electron chi connectivity index (χ2n) is 4.88. The molecule has 0 spiro atoms. The van der Waals surface area contributed by atoms with Gasteiger partial charge in [-0.1, -0.05) is 53.4 Å². The normalized spacial score (nSPS) is 13.8. The molecule has 1 aromatic heterocycles. The first-order valence-corrected chi connectivity index (χ1v) is 8.77. The summed E-state index contributed by atoms with van der Waals surface area (Å²) in [7, 11) is 0. The largest absolute Gasteiger partial charge is 0.357 e. The highest BCUT2D eigenvalue weighted by atomic mass is 32.2. The topological polar surface area (TPSA) is 76.1 Å². The van der Waals surface area contributed by atoms with Gasteiger partial charge >= 0.3 is 0 Å². The van der Waals surface area contributed by atoms with Gasteiger partial charge in [0.05, 0.1) is 12.4 Å². The Balaban J connectivity index is 1.34. The van der Waals surface area contributed by atoms with Gasteiger partial charge in [0.15, 0.2) is 4.34 Å². The lowest BCUT2D eigenvalue weighted by atomic mass is 10.2. The van der Waals surface area contributed by atoms with E-state index >= 15 is 0 Å². The number of rotatable bonds is 8. The van der Waals surface area contributed by atoms with Crippen LogP contribution in [0.2, 0.25) is 0 Å². The van der Waals surface area contributed by atoms with E-state index in [4.69, 9.17) is 4.84 Å². The van der Waals surface area contributed by atoms with Crippen LogP contribution in [-0.4, -0.2) is 27.9 Å². The molecule has 1 aliphatic carbocycles. The summed E-state index contributed by atoms with van der Waals surface area (Å²) in [5, 5.41) is 12.2. The van der Waals surface area contributed by atoms with Crippen LogP contribution in [0.25, 0.3) is 0 Å². The fourth-order valence-corrected chi connectivity index (χ4v) is 3.28. The zero-order valence-electron chi connectivity index (χ0n) is 11.8. The predicted molar refractivity (Wildman–Crippen MR) is 86.7 cm³/mol. The van der Waals surface area contributed by atoms with E-state index in [1.54, 1.807) is 0 Å². The van der Waals surface area contributed by atoms with Crippen molar-refractivity contribution in [2.45, 2.75) is 29.8 Å². The van der Waals surface area contributed by atoms with Crippen molar-refractivity contribution in [3.05, 3.63) is 35.9 Å². The number of hydrogen-bond acceptors (Lipinski definition) is 7. The molecule has 0 radical (unpaired) electrons. The van der Waals surface area contributed by atoms with Crippen LogP contribution in [0.15, 0.2) is 34.7 Å². The Labute approximate surface area is 136 Å². The molecular formula is C14H16N4O2S2. The molecule has 2 N–H and O–H groups in total. The predicted octanol–water partition coefficient (Wildman–Crippen LogP) is 2.45. The number of aromatic nitrogens is 2. The average Bonchev–Trinajstić information content (AvgIpc) is 3.23. The van der Waals surface area contributed by atoms with Crippen molar-refractivity contribution in [2.24, 2.45) is 0 Å². The molecule has 1 aliphatic rings. The van der Waals surface area contributed by atoms with Crippen molar-refractivity contribution >= 4 is 34.1 Å². The quantitative estimate of drug-likeness (QED) is 0.570. The Hall–Kier alpha value is -1.64. The molecule has 1 amide bonds. The van der Waals surface area contributed by atoms with E-state index in [0.717, 1.165) is 15.0 Å². The summed E-state index contributed by atoms with van der Waals surface area (Å²) >= 11 is 2.83. The van der Waals surface area contributed by atoms with Gasteiger partial charge in [0, 0.05) is 6.04 Å². The Morgan fingerprint density at radius 1 is 1.32 bits per heavy atom. The number of nitrogens with zero attached hydrogens (tertiary/aromatic N) is 2. The fourth-order valence-electron chi connectivity index (χ4n) is 1.66. The van der Waals surface area contributed by atoms with Gasteiger partial charge in [-0.2, -0.15) is 0 Å². The van der Waals surface area contributed by atoms with Gasteiger partial charge in [0.25, 0.3) is 5.91 Å². The minimum atomic E-state index is -0.187. The maximum atomic E-state index is 11.7. The van der Waals surface area contributed by atoms with Crippen molar-refractivity contribution in [3.8, 4) is 0 Å². The van der Waals surface area contributed by atoms with E-state index < -0.39 is 0 Å². The highest BCUT2D eigenvalue weighted by molar-refractivity contribution is 8.01.